The fourth-order valence-electron chi connectivity index (χ4n) is 4.51. The van der Waals surface area contributed by atoms with Crippen LogP contribution >= 0.6 is 0 Å². The highest BCUT2D eigenvalue weighted by atomic mass is 14.2. The molecule has 0 saturated carbocycles. The minimum Gasteiger partial charge on any atom is -0.0984 e. The number of rotatable bonds is 4. The van der Waals surface area contributed by atoms with Crippen molar-refractivity contribution < 1.29 is 0 Å². The lowest BCUT2D eigenvalue weighted by Crippen LogP contribution is -1.95. The summed E-state index contributed by atoms with van der Waals surface area (Å²) in [5, 5.41) is 7.69. The van der Waals surface area contributed by atoms with E-state index in [9.17, 15) is 0 Å². The first-order valence-electron chi connectivity index (χ1n) is 10.2. The summed E-state index contributed by atoms with van der Waals surface area (Å²) in [6, 6.07) is 17.5. The van der Waals surface area contributed by atoms with Crippen molar-refractivity contribution in [3.05, 3.63) is 95.6 Å². The standard InChI is InChI=1S/C29H26/c1-5-13-21-23-17-10-12-19-27(23)28-24(14-6-2)20(8-4)22-16-9-11-18-26(22)29(28)25(21)15-7-3/h5-19H,4H2,1-3H3/b13-5-,14-6-,15-7-. The lowest BCUT2D eigenvalue weighted by atomic mass is 9.83. The Balaban J connectivity index is 2.49. The largest absolute Gasteiger partial charge is 0.0984 e. The molecule has 0 amide bonds. The number of fused-ring (bicyclic) bond motifs is 5. The second-order valence-electron chi connectivity index (χ2n) is 7.20. The molecular formula is C29H26. The lowest BCUT2D eigenvalue weighted by Gasteiger charge is -2.20. The van der Waals surface area contributed by atoms with Gasteiger partial charge in [0.05, 0.1) is 0 Å². The van der Waals surface area contributed by atoms with Gasteiger partial charge in [0, 0.05) is 0 Å². The predicted octanol–water partition coefficient (Wildman–Crippen LogP) is 8.89. The third-order valence-electron chi connectivity index (χ3n) is 5.55. The van der Waals surface area contributed by atoms with E-state index in [2.05, 4.69) is 112 Å². The Morgan fingerprint density at radius 2 is 0.897 bits per heavy atom. The van der Waals surface area contributed by atoms with Crippen molar-refractivity contribution in [2.45, 2.75) is 20.8 Å². The van der Waals surface area contributed by atoms with E-state index < -0.39 is 0 Å². The minimum atomic E-state index is 1.20. The molecule has 0 fully saturated rings. The Hall–Kier alpha value is -3.38. The van der Waals surface area contributed by atoms with Crippen LogP contribution < -0.4 is 0 Å². The Labute approximate surface area is 173 Å². The van der Waals surface area contributed by atoms with E-state index in [0.717, 1.165) is 0 Å². The molecule has 0 spiro atoms. The van der Waals surface area contributed by atoms with E-state index in [1.54, 1.807) is 0 Å². The molecule has 29 heavy (non-hydrogen) atoms. The molecule has 0 aromatic heterocycles. The number of hydrogen-bond donors (Lipinski definition) is 0. The van der Waals surface area contributed by atoms with E-state index in [4.69, 9.17) is 0 Å². The van der Waals surface area contributed by atoms with Gasteiger partial charge in [0.25, 0.3) is 0 Å². The van der Waals surface area contributed by atoms with Crippen LogP contribution in [-0.4, -0.2) is 0 Å². The highest BCUT2D eigenvalue weighted by Crippen LogP contribution is 2.43. The third kappa shape index (κ3) is 2.93. The molecule has 0 nitrogen and oxygen atoms in total. The maximum absolute atomic E-state index is 4.16. The Kier molecular flexibility index (Phi) is 5.18. The summed E-state index contributed by atoms with van der Waals surface area (Å²) >= 11 is 0. The third-order valence-corrected chi connectivity index (χ3v) is 5.55. The first-order valence-corrected chi connectivity index (χ1v) is 10.2. The fourth-order valence-corrected chi connectivity index (χ4v) is 4.51. The molecule has 0 N–H and O–H groups in total. The fraction of sp³-hybridized carbons (Fsp3) is 0.103. The molecule has 0 aliphatic rings. The second kappa shape index (κ2) is 7.93. The van der Waals surface area contributed by atoms with Crippen LogP contribution in [0.2, 0.25) is 0 Å². The van der Waals surface area contributed by atoms with Gasteiger partial charge in [0.15, 0.2) is 0 Å². The first kappa shape index (κ1) is 19.0. The van der Waals surface area contributed by atoms with Crippen molar-refractivity contribution in [2.24, 2.45) is 0 Å². The van der Waals surface area contributed by atoms with Crippen molar-refractivity contribution in [3.63, 3.8) is 0 Å². The molecule has 4 rings (SSSR count). The Morgan fingerprint density at radius 1 is 0.517 bits per heavy atom. The SMILES string of the molecule is C=Cc1c(/C=C\C)c2c3ccccc3c(/C=C\C)c(/C=C\C)c2c2ccccc12. The molecule has 0 radical (unpaired) electrons. The highest BCUT2D eigenvalue weighted by molar-refractivity contribution is 6.27. The van der Waals surface area contributed by atoms with Gasteiger partial charge in [-0.15, -0.1) is 0 Å². The van der Waals surface area contributed by atoms with E-state index in [1.165, 1.54) is 54.6 Å². The molecule has 4 aromatic rings. The predicted molar refractivity (Wildman–Crippen MR) is 133 cm³/mol. The maximum Gasteiger partial charge on any atom is -0.00140 e. The maximum atomic E-state index is 4.16. The molecule has 0 bridgehead atoms. The van der Waals surface area contributed by atoms with E-state index in [1.807, 2.05) is 6.08 Å². The number of benzene rings is 4. The zero-order valence-electron chi connectivity index (χ0n) is 17.4. The smallest absolute Gasteiger partial charge is 0.00140 e. The highest BCUT2D eigenvalue weighted by Gasteiger charge is 2.18. The van der Waals surface area contributed by atoms with Crippen LogP contribution in [0.5, 0.6) is 0 Å². The number of allylic oxidation sites excluding steroid dienone is 3. The van der Waals surface area contributed by atoms with Gasteiger partial charge in [-0.1, -0.05) is 97.6 Å². The van der Waals surface area contributed by atoms with Crippen molar-refractivity contribution in [2.75, 3.05) is 0 Å². The van der Waals surface area contributed by atoms with Crippen molar-refractivity contribution in [1.29, 1.82) is 0 Å². The summed E-state index contributed by atoms with van der Waals surface area (Å²) in [7, 11) is 0. The molecule has 142 valence electrons. The average molecular weight is 375 g/mol. The second-order valence-corrected chi connectivity index (χ2v) is 7.20. The quantitative estimate of drug-likeness (QED) is 0.313. The van der Waals surface area contributed by atoms with Crippen LogP contribution in [-0.2, 0) is 0 Å². The van der Waals surface area contributed by atoms with Crippen LogP contribution in [0.25, 0.3) is 56.6 Å². The molecule has 0 heteroatoms. The Bertz CT molecular complexity index is 1330. The average Bonchev–Trinajstić information content (AvgIpc) is 2.76. The van der Waals surface area contributed by atoms with Crippen LogP contribution in [0.1, 0.15) is 43.0 Å². The van der Waals surface area contributed by atoms with Gasteiger partial charge in [-0.25, -0.2) is 0 Å². The van der Waals surface area contributed by atoms with Crippen LogP contribution in [0, 0.1) is 0 Å². The van der Waals surface area contributed by atoms with Crippen LogP contribution in [0.15, 0.2) is 73.3 Å². The summed E-state index contributed by atoms with van der Waals surface area (Å²) in [5.41, 5.74) is 4.99. The molecule has 0 saturated heterocycles. The summed E-state index contributed by atoms with van der Waals surface area (Å²) in [6.45, 7) is 10.4. The van der Waals surface area contributed by atoms with Gasteiger partial charge in [-0.3, -0.25) is 0 Å². The van der Waals surface area contributed by atoms with Crippen LogP contribution in [0.4, 0.5) is 0 Å². The van der Waals surface area contributed by atoms with Crippen molar-refractivity contribution in [3.8, 4) is 0 Å². The Morgan fingerprint density at radius 3 is 1.34 bits per heavy atom. The lowest BCUT2D eigenvalue weighted by molar-refractivity contribution is 1.66. The van der Waals surface area contributed by atoms with Gasteiger partial charge >= 0.3 is 0 Å². The van der Waals surface area contributed by atoms with Gasteiger partial charge in [0.2, 0.25) is 0 Å². The summed E-state index contributed by atoms with van der Waals surface area (Å²) in [6.07, 6.45) is 15.1. The topological polar surface area (TPSA) is 0 Å². The molecule has 0 unspecified atom stereocenters. The summed E-state index contributed by atoms with van der Waals surface area (Å²) in [5.74, 6) is 0. The van der Waals surface area contributed by atoms with E-state index >= 15 is 0 Å². The molecule has 0 atom stereocenters. The monoisotopic (exact) mass is 374 g/mol. The van der Waals surface area contributed by atoms with Gasteiger partial charge < -0.3 is 0 Å². The minimum absolute atomic E-state index is 1.20. The van der Waals surface area contributed by atoms with Gasteiger partial charge in [-0.05, 0) is 75.3 Å². The van der Waals surface area contributed by atoms with E-state index in [0.29, 0.717) is 0 Å². The summed E-state index contributed by atoms with van der Waals surface area (Å²) < 4.78 is 0. The van der Waals surface area contributed by atoms with E-state index in [-0.39, 0.29) is 0 Å². The zero-order valence-corrected chi connectivity index (χ0v) is 17.4. The first-order chi connectivity index (χ1) is 14.3. The normalized spacial score (nSPS) is 12.4. The van der Waals surface area contributed by atoms with Gasteiger partial charge in [-0.2, -0.15) is 0 Å². The van der Waals surface area contributed by atoms with Crippen molar-refractivity contribution in [1.82, 2.24) is 0 Å². The molecular weight excluding hydrogens is 348 g/mol. The molecule has 0 heterocycles. The molecule has 0 aliphatic heterocycles. The van der Waals surface area contributed by atoms with Gasteiger partial charge in [0.1, 0.15) is 0 Å². The summed E-state index contributed by atoms with van der Waals surface area (Å²) in [4.78, 5) is 0. The van der Waals surface area contributed by atoms with Crippen LogP contribution in [0.3, 0.4) is 0 Å². The van der Waals surface area contributed by atoms with Crippen molar-refractivity contribution >= 4 is 56.6 Å². The molecule has 4 aromatic carbocycles. The molecule has 0 aliphatic carbocycles. The number of hydrogen-bond acceptors (Lipinski definition) is 0. The zero-order chi connectivity index (χ0) is 20.4.